The lowest BCUT2D eigenvalue weighted by molar-refractivity contribution is -0.117. The predicted molar refractivity (Wildman–Crippen MR) is 107 cm³/mol. The molecule has 0 aliphatic carbocycles. The third-order valence-corrected chi connectivity index (χ3v) is 5.63. The van der Waals surface area contributed by atoms with E-state index >= 15 is 0 Å². The molecule has 0 saturated carbocycles. The van der Waals surface area contributed by atoms with Crippen LogP contribution in [0.2, 0.25) is 0 Å². The topological polar surface area (TPSA) is 39.7 Å². The number of amides is 1. The van der Waals surface area contributed by atoms with Crippen LogP contribution in [0.3, 0.4) is 0 Å². The molecule has 2 aromatic rings. The van der Waals surface area contributed by atoms with Crippen LogP contribution in [-0.4, -0.2) is 60.0 Å². The largest absolute Gasteiger partial charge is 0.312 e. The van der Waals surface area contributed by atoms with Crippen LogP contribution in [0.1, 0.15) is 18.4 Å². The molecular formula is C22H28N4O. The van der Waals surface area contributed by atoms with E-state index in [1.165, 1.54) is 12.0 Å². The Kier molecular flexibility index (Phi) is 5.80. The number of para-hydroxylation sites is 1. The van der Waals surface area contributed by atoms with Crippen LogP contribution >= 0.6 is 0 Å². The highest BCUT2D eigenvalue weighted by atomic mass is 16.2. The molecule has 0 radical (unpaired) electrons. The van der Waals surface area contributed by atoms with Gasteiger partial charge in [0.15, 0.2) is 0 Å². The van der Waals surface area contributed by atoms with Gasteiger partial charge in [-0.2, -0.15) is 0 Å². The smallest absolute Gasteiger partial charge is 0.227 e. The third-order valence-electron chi connectivity index (χ3n) is 5.63. The van der Waals surface area contributed by atoms with Gasteiger partial charge in [0, 0.05) is 57.2 Å². The first kappa shape index (κ1) is 18.1. The van der Waals surface area contributed by atoms with E-state index in [9.17, 15) is 4.79 Å². The molecule has 0 unspecified atom stereocenters. The molecule has 2 fully saturated rings. The average molecular weight is 364 g/mol. The zero-order chi connectivity index (χ0) is 18.5. The molecule has 4 rings (SSSR count). The van der Waals surface area contributed by atoms with Gasteiger partial charge >= 0.3 is 0 Å². The fraction of sp³-hybridized carbons (Fsp3) is 0.455. The van der Waals surface area contributed by atoms with E-state index in [0.717, 1.165) is 51.5 Å². The van der Waals surface area contributed by atoms with Crippen LogP contribution in [0.25, 0.3) is 0 Å². The van der Waals surface area contributed by atoms with Crippen molar-refractivity contribution in [2.75, 3.05) is 44.2 Å². The predicted octanol–water partition coefficient (Wildman–Crippen LogP) is 2.64. The normalized spacial score (nSPS) is 22.1. The first-order chi connectivity index (χ1) is 13.3. The molecule has 2 saturated heterocycles. The van der Waals surface area contributed by atoms with Gasteiger partial charge < -0.3 is 9.80 Å². The number of pyridine rings is 1. The molecule has 1 atom stereocenters. The van der Waals surface area contributed by atoms with E-state index < -0.39 is 0 Å². The summed E-state index contributed by atoms with van der Waals surface area (Å²) in [4.78, 5) is 23.6. The highest BCUT2D eigenvalue weighted by Gasteiger charge is 2.31. The fourth-order valence-corrected chi connectivity index (χ4v) is 4.24. The Morgan fingerprint density at radius 2 is 1.67 bits per heavy atom. The minimum atomic E-state index is 0.264. The summed E-state index contributed by atoms with van der Waals surface area (Å²) in [6, 6.07) is 14.3. The van der Waals surface area contributed by atoms with Crippen LogP contribution < -0.4 is 4.90 Å². The second-order valence-electron chi connectivity index (χ2n) is 7.70. The van der Waals surface area contributed by atoms with Gasteiger partial charge in [-0.3, -0.25) is 14.7 Å². The van der Waals surface area contributed by atoms with Crippen molar-refractivity contribution in [1.29, 1.82) is 0 Å². The molecule has 1 amide bonds. The van der Waals surface area contributed by atoms with Gasteiger partial charge in [-0.15, -0.1) is 0 Å². The molecule has 1 aromatic heterocycles. The SMILES string of the molecule is O=C1C[C@H](CN2CCCN(Cc3ccncc3)CC2)CN1c1ccccc1. The molecule has 142 valence electrons. The van der Waals surface area contributed by atoms with Crippen LogP contribution in [-0.2, 0) is 11.3 Å². The number of hydrogen-bond acceptors (Lipinski definition) is 4. The fourth-order valence-electron chi connectivity index (χ4n) is 4.24. The molecule has 0 N–H and O–H groups in total. The number of hydrogen-bond donors (Lipinski definition) is 0. The monoisotopic (exact) mass is 364 g/mol. The van der Waals surface area contributed by atoms with Gasteiger partial charge in [0.1, 0.15) is 0 Å². The molecular weight excluding hydrogens is 336 g/mol. The molecule has 3 heterocycles. The maximum atomic E-state index is 12.4. The van der Waals surface area contributed by atoms with Gasteiger partial charge in [0.25, 0.3) is 0 Å². The summed E-state index contributed by atoms with van der Waals surface area (Å²) in [5, 5.41) is 0. The van der Waals surface area contributed by atoms with E-state index in [-0.39, 0.29) is 5.91 Å². The lowest BCUT2D eigenvalue weighted by Gasteiger charge is -2.24. The van der Waals surface area contributed by atoms with Gasteiger partial charge in [-0.1, -0.05) is 18.2 Å². The van der Waals surface area contributed by atoms with Crippen LogP contribution in [0, 0.1) is 5.92 Å². The highest BCUT2D eigenvalue weighted by Crippen LogP contribution is 2.25. The third kappa shape index (κ3) is 4.73. The maximum Gasteiger partial charge on any atom is 0.227 e. The van der Waals surface area contributed by atoms with Gasteiger partial charge in [0.2, 0.25) is 5.91 Å². The Hall–Kier alpha value is -2.24. The maximum absolute atomic E-state index is 12.4. The van der Waals surface area contributed by atoms with Gasteiger partial charge in [0.05, 0.1) is 0 Å². The highest BCUT2D eigenvalue weighted by molar-refractivity contribution is 5.95. The van der Waals surface area contributed by atoms with Crippen LogP contribution in [0.4, 0.5) is 5.69 Å². The lowest BCUT2D eigenvalue weighted by Crippen LogP contribution is -2.34. The van der Waals surface area contributed by atoms with Crippen LogP contribution in [0.15, 0.2) is 54.9 Å². The molecule has 2 aliphatic heterocycles. The van der Waals surface area contributed by atoms with Crippen molar-refractivity contribution >= 4 is 11.6 Å². The molecule has 27 heavy (non-hydrogen) atoms. The van der Waals surface area contributed by atoms with Gasteiger partial charge in [-0.25, -0.2) is 0 Å². The summed E-state index contributed by atoms with van der Waals surface area (Å²) in [6.07, 6.45) is 5.60. The molecule has 5 nitrogen and oxygen atoms in total. The first-order valence-electron chi connectivity index (χ1n) is 9.97. The summed E-state index contributed by atoms with van der Waals surface area (Å²) in [7, 11) is 0. The number of anilines is 1. The first-order valence-corrected chi connectivity index (χ1v) is 9.97. The summed E-state index contributed by atoms with van der Waals surface area (Å²) in [5.74, 6) is 0.699. The number of rotatable bonds is 5. The Labute approximate surface area is 161 Å². The average Bonchev–Trinajstić information content (AvgIpc) is 2.92. The summed E-state index contributed by atoms with van der Waals surface area (Å²) in [6.45, 7) is 7.31. The van der Waals surface area contributed by atoms with E-state index in [4.69, 9.17) is 0 Å². The Morgan fingerprint density at radius 1 is 0.926 bits per heavy atom. The lowest BCUT2D eigenvalue weighted by atomic mass is 10.1. The van der Waals surface area contributed by atoms with E-state index in [1.807, 2.05) is 47.6 Å². The minimum absolute atomic E-state index is 0.264. The Bertz CT molecular complexity index is 736. The second kappa shape index (κ2) is 8.63. The van der Waals surface area contributed by atoms with E-state index in [0.29, 0.717) is 12.3 Å². The number of aromatic nitrogens is 1. The van der Waals surface area contributed by atoms with Crippen molar-refractivity contribution in [1.82, 2.24) is 14.8 Å². The van der Waals surface area contributed by atoms with E-state index in [2.05, 4.69) is 26.9 Å². The number of benzene rings is 1. The van der Waals surface area contributed by atoms with Crippen molar-refractivity contribution < 1.29 is 4.79 Å². The Morgan fingerprint density at radius 3 is 2.48 bits per heavy atom. The van der Waals surface area contributed by atoms with Gasteiger partial charge in [-0.05, 0) is 55.3 Å². The summed E-state index contributed by atoms with van der Waals surface area (Å²) in [5.41, 5.74) is 2.36. The van der Waals surface area contributed by atoms with Crippen LogP contribution in [0.5, 0.6) is 0 Å². The quantitative estimate of drug-likeness (QED) is 0.818. The molecule has 5 heteroatoms. The van der Waals surface area contributed by atoms with Crippen molar-refractivity contribution in [3.05, 3.63) is 60.4 Å². The summed E-state index contributed by atoms with van der Waals surface area (Å²) >= 11 is 0. The number of carbonyl (C=O) groups excluding carboxylic acids is 1. The van der Waals surface area contributed by atoms with Crippen molar-refractivity contribution in [3.8, 4) is 0 Å². The minimum Gasteiger partial charge on any atom is -0.312 e. The zero-order valence-electron chi connectivity index (χ0n) is 15.8. The zero-order valence-corrected chi connectivity index (χ0v) is 15.8. The van der Waals surface area contributed by atoms with Crippen molar-refractivity contribution in [2.24, 2.45) is 5.92 Å². The molecule has 1 aromatic carbocycles. The molecule has 2 aliphatic rings. The van der Waals surface area contributed by atoms with Crippen molar-refractivity contribution in [2.45, 2.75) is 19.4 Å². The molecule has 0 bridgehead atoms. The second-order valence-corrected chi connectivity index (χ2v) is 7.70. The number of nitrogens with zero attached hydrogens (tertiary/aromatic N) is 4. The number of carbonyl (C=O) groups is 1. The van der Waals surface area contributed by atoms with E-state index in [1.54, 1.807) is 0 Å². The molecule has 0 spiro atoms. The Balaban J connectivity index is 1.28. The summed E-state index contributed by atoms with van der Waals surface area (Å²) < 4.78 is 0. The standard InChI is InChI=1S/C22H28N4O/c27-22-15-20(18-26(22)21-5-2-1-3-6-21)17-25-12-4-11-24(13-14-25)16-19-7-9-23-10-8-19/h1-3,5-10,20H,4,11-18H2/t20-/m1/s1. The van der Waals surface area contributed by atoms with Crippen molar-refractivity contribution in [3.63, 3.8) is 0 Å².